The zero-order valence-electron chi connectivity index (χ0n) is 16.3. The topological polar surface area (TPSA) is 45.2 Å². The molecule has 1 saturated heterocycles. The van der Waals surface area contributed by atoms with E-state index < -0.39 is 0 Å². The fraction of sp³-hybridized carbons (Fsp3) is 0.364. The highest BCUT2D eigenvalue weighted by Gasteiger charge is 2.31. The van der Waals surface area contributed by atoms with Crippen molar-refractivity contribution >= 4 is 33.6 Å². The molecule has 1 aliphatic rings. The first-order valence-corrected chi connectivity index (χ1v) is 11.4. The fourth-order valence-electron chi connectivity index (χ4n) is 3.87. The Morgan fingerprint density at radius 2 is 1.96 bits per heavy atom. The van der Waals surface area contributed by atoms with Crippen LogP contribution in [-0.4, -0.2) is 28.9 Å². The lowest BCUT2D eigenvalue weighted by molar-refractivity contribution is 0.103. The van der Waals surface area contributed by atoms with Crippen molar-refractivity contribution in [3.8, 4) is 0 Å². The van der Waals surface area contributed by atoms with Crippen LogP contribution in [0, 0.1) is 13.8 Å². The summed E-state index contributed by atoms with van der Waals surface area (Å²) in [5, 5.41) is 6.09. The van der Waals surface area contributed by atoms with E-state index in [1.807, 2.05) is 29.8 Å². The zero-order chi connectivity index (χ0) is 19.5. The molecule has 4 nitrogen and oxygen atoms in total. The molecule has 1 fully saturated rings. The predicted octanol–water partition coefficient (Wildman–Crippen LogP) is 5.65. The summed E-state index contributed by atoms with van der Waals surface area (Å²) in [7, 11) is 0. The molecule has 1 atom stereocenters. The van der Waals surface area contributed by atoms with E-state index in [4.69, 9.17) is 4.98 Å². The maximum Gasteiger partial charge on any atom is 0.266 e. The summed E-state index contributed by atoms with van der Waals surface area (Å²) in [5.74, 6) is -0.0316. The molecule has 0 saturated carbocycles. The van der Waals surface area contributed by atoms with Gasteiger partial charge in [-0.1, -0.05) is 18.6 Å². The number of thiophene rings is 2. The van der Waals surface area contributed by atoms with Gasteiger partial charge in [-0.3, -0.25) is 14.7 Å². The van der Waals surface area contributed by atoms with E-state index in [1.165, 1.54) is 46.6 Å². The third-order valence-corrected chi connectivity index (χ3v) is 7.41. The third kappa shape index (κ3) is 3.90. The van der Waals surface area contributed by atoms with E-state index >= 15 is 0 Å². The highest BCUT2D eigenvalue weighted by Crippen LogP contribution is 2.42. The Hall–Kier alpha value is -2.02. The van der Waals surface area contributed by atoms with Crippen LogP contribution in [0.15, 0.2) is 41.9 Å². The van der Waals surface area contributed by atoms with Gasteiger partial charge in [0, 0.05) is 16.6 Å². The molecule has 0 bridgehead atoms. The van der Waals surface area contributed by atoms with Crippen LogP contribution in [0.3, 0.4) is 0 Å². The van der Waals surface area contributed by atoms with E-state index in [0.717, 1.165) is 28.7 Å². The molecule has 1 N–H and O–H groups in total. The van der Waals surface area contributed by atoms with Crippen LogP contribution in [0.5, 0.6) is 0 Å². The average molecular weight is 412 g/mol. The van der Waals surface area contributed by atoms with Crippen LogP contribution in [0.2, 0.25) is 0 Å². The number of anilines is 1. The second kappa shape index (κ2) is 8.55. The molecule has 0 unspecified atom stereocenters. The molecule has 3 aromatic rings. The van der Waals surface area contributed by atoms with Crippen molar-refractivity contribution in [2.45, 2.75) is 39.2 Å². The fourth-order valence-corrected chi connectivity index (χ4v) is 5.58. The number of hydrogen-bond acceptors (Lipinski definition) is 5. The summed E-state index contributed by atoms with van der Waals surface area (Å²) >= 11 is 3.14. The quantitative estimate of drug-likeness (QED) is 0.590. The van der Waals surface area contributed by atoms with Gasteiger partial charge in [0.1, 0.15) is 5.00 Å². The van der Waals surface area contributed by atoms with Gasteiger partial charge in [0.25, 0.3) is 5.91 Å². The first-order chi connectivity index (χ1) is 13.6. The largest absolute Gasteiger partial charge is 0.313 e. The summed E-state index contributed by atoms with van der Waals surface area (Å²) in [6, 6.07) is 9.98. The van der Waals surface area contributed by atoms with Crippen LogP contribution in [0.4, 0.5) is 5.00 Å². The SMILES string of the molecule is Cc1sc(NC(=O)c2cccs2)c([C@@H](c2ccccn2)N2CCCCC2)c1C. The Balaban J connectivity index is 1.76. The lowest BCUT2D eigenvalue weighted by Crippen LogP contribution is -2.35. The van der Waals surface area contributed by atoms with Gasteiger partial charge in [-0.05, 0) is 68.9 Å². The number of nitrogens with one attached hydrogen (secondary N) is 1. The number of carbonyl (C=O) groups is 1. The minimum Gasteiger partial charge on any atom is -0.313 e. The van der Waals surface area contributed by atoms with Gasteiger partial charge in [-0.2, -0.15) is 0 Å². The second-order valence-electron chi connectivity index (χ2n) is 7.21. The Labute approximate surface area is 174 Å². The molecule has 1 amide bonds. The summed E-state index contributed by atoms with van der Waals surface area (Å²) in [6.45, 7) is 6.43. The number of carbonyl (C=O) groups excluding carboxylic acids is 1. The van der Waals surface area contributed by atoms with E-state index in [1.54, 1.807) is 11.3 Å². The normalized spacial score (nSPS) is 16.1. The Bertz CT molecular complexity index is 928. The predicted molar refractivity (Wildman–Crippen MR) is 118 cm³/mol. The number of aryl methyl sites for hydroxylation is 1. The minimum atomic E-state index is -0.0316. The van der Waals surface area contributed by atoms with Gasteiger partial charge in [0.15, 0.2) is 0 Å². The van der Waals surface area contributed by atoms with Crippen molar-refractivity contribution in [1.82, 2.24) is 9.88 Å². The molecule has 6 heteroatoms. The molecule has 146 valence electrons. The lowest BCUT2D eigenvalue weighted by Gasteiger charge is -2.35. The summed E-state index contributed by atoms with van der Waals surface area (Å²) < 4.78 is 0. The van der Waals surface area contributed by atoms with Crippen molar-refractivity contribution in [2.24, 2.45) is 0 Å². The van der Waals surface area contributed by atoms with Crippen LogP contribution < -0.4 is 5.32 Å². The maximum absolute atomic E-state index is 12.8. The molecule has 4 rings (SSSR count). The maximum atomic E-state index is 12.8. The molecular formula is C22H25N3OS2. The van der Waals surface area contributed by atoms with Crippen molar-refractivity contribution in [3.05, 3.63) is 68.5 Å². The van der Waals surface area contributed by atoms with Crippen LogP contribution in [0.1, 0.15) is 56.7 Å². The number of hydrogen-bond donors (Lipinski definition) is 1. The zero-order valence-corrected chi connectivity index (χ0v) is 17.9. The van der Waals surface area contributed by atoms with Crippen LogP contribution in [0.25, 0.3) is 0 Å². The van der Waals surface area contributed by atoms with Crippen molar-refractivity contribution in [1.29, 1.82) is 0 Å². The lowest BCUT2D eigenvalue weighted by atomic mass is 9.96. The van der Waals surface area contributed by atoms with Gasteiger partial charge in [-0.25, -0.2) is 0 Å². The number of aromatic nitrogens is 1. The Morgan fingerprint density at radius 1 is 1.14 bits per heavy atom. The van der Waals surface area contributed by atoms with Gasteiger partial charge >= 0.3 is 0 Å². The highest BCUT2D eigenvalue weighted by molar-refractivity contribution is 7.17. The molecule has 28 heavy (non-hydrogen) atoms. The van der Waals surface area contributed by atoms with Crippen LogP contribution >= 0.6 is 22.7 Å². The number of pyridine rings is 1. The van der Waals surface area contributed by atoms with E-state index in [0.29, 0.717) is 0 Å². The van der Waals surface area contributed by atoms with E-state index in [-0.39, 0.29) is 11.9 Å². The van der Waals surface area contributed by atoms with Gasteiger partial charge in [-0.15, -0.1) is 22.7 Å². The number of nitrogens with zero attached hydrogens (tertiary/aromatic N) is 2. The highest BCUT2D eigenvalue weighted by atomic mass is 32.1. The number of rotatable bonds is 5. The molecule has 0 radical (unpaired) electrons. The van der Waals surface area contributed by atoms with Gasteiger partial charge in [0.2, 0.25) is 0 Å². The van der Waals surface area contributed by atoms with E-state index in [9.17, 15) is 4.79 Å². The number of amides is 1. The second-order valence-corrected chi connectivity index (χ2v) is 9.38. The van der Waals surface area contributed by atoms with Crippen molar-refractivity contribution in [3.63, 3.8) is 0 Å². The molecule has 0 spiro atoms. The van der Waals surface area contributed by atoms with Crippen molar-refractivity contribution < 1.29 is 4.79 Å². The monoisotopic (exact) mass is 411 g/mol. The Kier molecular flexibility index (Phi) is 5.90. The Morgan fingerprint density at radius 3 is 2.64 bits per heavy atom. The minimum absolute atomic E-state index is 0.0316. The summed E-state index contributed by atoms with van der Waals surface area (Å²) in [5.41, 5.74) is 3.51. The average Bonchev–Trinajstić information content (AvgIpc) is 3.35. The van der Waals surface area contributed by atoms with Gasteiger partial charge in [0.05, 0.1) is 16.6 Å². The molecule has 3 aromatic heterocycles. The summed E-state index contributed by atoms with van der Waals surface area (Å²) in [4.78, 5) is 22.0. The molecule has 0 aromatic carbocycles. The van der Waals surface area contributed by atoms with Crippen molar-refractivity contribution in [2.75, 3.05) is 18.4 Å². The number of piperidine rings is 1. The summed E-state index contributed by atoms with van der Waals surface area (Å²) in [6.07, 6.45) is 5.57. The van der Waals surface area contributed by atoms with Gasteiger partial charge < -0.3 is 5.32 Å². The smallest absolute Gasteiger partial charge is 0.266 e. The third-order valence-electron chi connectivity index (χ3n) is 5.40. The number of likely N-dealkylation sites (tertiary alicyclic amines) is 1. The molecule has 0 aliphatic carbocycles. The molecule has 4 heterocycles. The first-order valence-electron chi connectivity index (χ1n) is 9.75. The molecule has 1 aliphatic heterocycles. The standard InChI is InChI=1S/C22H25N3OS2/c1-15-16(2)28-22(24-21(26)18-10-8-14-27-18)19(15)20(17-9-4-5-11-23-17)25-12-6-3-7-13-25/h4-5,8-11,14,20H,3,6-7,12-13H2,1-2H3,(H,24,26)/t20-/m1/s1. The van der Waals surface area contributed by atoms with E-state index in [2.05, 4.69) is 36.2 Å². The first kappa shape index (κ1) is 19.3. The van der Waals surface area contributed by atoms with Crippen LogP contribution in [-0.2, 0) is 0 Å². The molecular weight excluding hydrogens is 386 g/mol.